The standard InChI is InChI=1S/C12H16N2/c1-12(2,3)11(14)10-6-4-9(8-13)5-7-10/h4-7,11H,14H2,1-3H3/t11-/m1/s1. The van der Waals surface area contributed by atoms with E-state index in [9.17, 15) is 0 Å². The molecule has 1 aromatic carbocycles. The van der Waals surface area contributed by atoms with E-state index < -0.39 is 0 Å². The normalized spacial score (nSPS) is 13.4. The first-order valence-corrected chi connectivity index (χ1v) is 4.71. The molecule has 0 radical (unpaired) electrons. The fraction of sp³-hybridized carbons (Fsp3) is 0.417. The molecule has 2 nitrogen and oxygen atoms in total. The van der Waals surface area contributed by atoms with Gasteiger partial charge in [0, 0.05) is 6.04 Å². The first-order chi connectivity index (χ1) is 6.45. The van der Waals surface area contributed by atoms with Gasteiger partial charge in [-0.2, -0.15) is 5.26 Å². The molecular formula is C12H16N2. The molecule has 0 bridgehead atoms. The first-order valence-electron chi connectivity index (χ1n) is 4.71. The van der Waals surface area contributed by atoms with Crippen LogP contribution in [0.1, 0.15) is 37.9 Å². The Balaban J connectivity index is 2.94. The number of rotatable bonds is 1. The van der Waals surface area contributed by atoms with Gasteiger partial charge >= 0.3 is 0 Å². The van der Waals surface area contributed by atoms with Crippen LogP contribution in [0.4, 0.5) is 0 Å². The zero-order valence-corrected chi connectivity index (χ0v) is 8.91. The highest BCUT2D eigenvalue weighted by Crippen LogP contribution is 2.30. The molecule has 0 aliphatic heterocycles. The molecular weight excluding hydrogens is 172 g/mol. The van der Waals surface area contributed by atoms with Crippen molar-refractivity contribution in [3.63, 3.8) is 0 Å². The topological polar surface area (TPSA) is 49.8 Å². The minimum Gasteiger partial charge on any atom is -0.324 e. The van der Waals surface area contributed by atoms with E-state index in [0.29, 0.717) is 5.56 Å². The van der Waals surface area contributed by atoms with Crippen LogP contribution in [0.25, 0.3) is 0 Å². The minimum atomic E-state index is 0.00948. The Bertz CT molecular complexity index is 338. The van der Waals surface area contributed by atoms with Gasteiger partial charge in [0.05, 0.1) is 11.6 Å². The summed E-state index contributed by atoms with van der Waals surface area (Å²) in [5, 5.41) is 8.65. The largest absolute Gasteiger partial charge is 0.324 e. The highest BCUT2D eigenvalue weighted by Gasteiger charge is 2.21. The maximum absolute atomic E-state index is 8.65. The lowest BCUT2D eigenvalue weighted by Gasteiger charge is -2.27. The molecule has 14 heavy (non-hydrogen) atoms. The maximum atomic E-state index is 8.65. The van der Waals surface area contributed by atoms with Crippen LogP contribution in [0.3, 0.4) is 0 Å². The van der Waals surface area contributed by atoms with E-state index in [-0.39, 0.29) is 11.5 Å². The summed E-state index contributed by atoms with van der Waals surface area (Å²) in [6, 6.07) is 9.56. The molecule has 0 aliphatic carbocycles. The number of hydrogen-bond donors (Lipinski definition) is 1. The molecule has 1 atom stereocenters. The van der Waals surface area contributed by atoms with E-state index in [1.54, 1.807) is 12.1 Å². The summed E-state index contributed by atoms with van der Waals surface area (Å²) in [4.78, 5) is 0. The van der Waals surface area contributed by atoms with Crippen LogP contribution < -0.4 is 5.73 Å². The molecule has 74 valence electrons. The van der Waals surface area contributed by atoms with E-state index in [1.165, 1.54) is 0 Å². The molecule has 0 aliphatic rings. The Morgan fingerprint density at radius 2 is 1.71 bits per heavy atom. The quantitative estimate of drug-likeness (QED) is 0.736. The zero-order chi connectivity index (χ0) is 10.8. The van der Waals surface area contributed by atoms with Crippen LogP contribution in [-0.4, -0.2) is 0 Å². The number of nitrogens with two attached hydrogens (primary N) is 1. The molecule has 0 saturated carbocycles. The first kappa shape index (κ1) is 10.7. The molecule has 0 spiro atoms. The summed E-state index contributed by atoms with van der Waals surface area (Å²) in [6.45, 7) is 6.32. The molecule has 0 unspecified atom stereocenters. The van der Waals surface area contributed by atoms with Crippen LogP contribution in [0.15, 0.2) is 24.3 Å². The Kier molecular flexibility index (Phi) is 2.93. The van der Waals surface area contributed by atoms with Crippen molar-refractivity contribution in [3.05, 3.63) is 35.4 Å². The monoisotopic (exact) mass is 188 g/mol. The maximum Gasteiger partial charge on any atom is 0.0991 e. The van der Waals surface area contributed by atoms with Crippen LogP contribution in [0, 0.1) is 16.7 Å². The molecule has 2 N–H and O–H groups in total. The average Bonchev–Trinajstić information content (AvgIpc) is 2.15. The van der Waals surface area contributed by atoms with Crippen molar-refractivity contribution < 1.29 is 0 Å². The number of nitrogens with zero attached hydrogens (tertiary/aromatic N) is 1. The van der Waals surface area contributed by atoms with Gasteiger partial charge in [-0.3, -0.25) is 0 Å². The fourth-order valence-electron chi connectivity index (χ4n) is 1.26. The van der Waals surface area contributed by atoms with Gasteiger partial charge in [0.25, 0.3) is 0 Å². The second-order valence-corrected chi connectivity index (χ2v) is 4.58. The highest BCUT2D eigenvalue weighted by atomic mass is 14.7. The molecule has 0 fully saturated rings. The Morgan fingerprint density at radius 3 is 2.07 bits per heavy atom. The summed E-state index contributed by atoms with van der Waals surface area (Å²) in [7, 11) is 0. The van der Waals surface area contributed by atoms with Gasteiger partial charge < -0.3 is 5.73 Å². The third-order valence-electron chi connectivity index (χ3n) is 2.33. The average molecular weight is 188 g/mol. The molecule has 1 rings (SSSR count). The Labute approximate surface area is 85.4 Å². The molecule has 0 heterocycles. The molecule has 0 saturated heterocycles. The van der Waals surface area contributed by atoms with Crippen LogP contribution in [-0.2, 0) is 0 Å². The smallest absolute Gasteiger partial charge is 0.0991 e. The van der Waals surface area contributed by atoms with Gasteiger partial charge in [0.2, 0.25) is 0 Å². The summed E-state index contributed by atoms with van der Waals surface area (Å²) in [5.41, 5.74) is 7.89. The van der Waals surface area contributed by atoms with Crippen LogP contribution in [0.2, 0.25) is 0 Å². The van der Waals surface area contributed by atoms with Crippen LogP contribution >= 0.6 is 0 Å². The molecule has 1 aromatic rings. The second-order valence-electron chi connectivity index (χ2n) is 4.58. The SMILES string of the molecule is CC(C)(C)[C@H](N)c1ccc(C#N)cc1. The minimum absolute atomic E-state index is 0.00948. The van der Waals surface area contributed by atoms with Gasteiger partial charge in [-0.25, -0.2) is 0 Å². The Hall–Kier alpha value is -1.33. The second kappa shape index (κ2) is 3.81. The van der Waals surface area contributed by atoms with E-state index in [4.69, 9.17) is 11.0 Å². The third kappa shape index (κ3) is 2.34. The van der Waals surface area contributed by atoms with Gasteiger partial charge in [0.1, 0.15) is 0 Å². The van der Waals surface area contributed by atoms with Gasteiger partial charge in [-0.05, 0) is 23.1 Å². The lowest BCUT2D eigenvalue weighted by Crippen LogP contribution is -2.26. The number of hydrogen-bond acceptors (Lipinski definition) is 2. The van der Waals surface area contributed by atoms with Crippen molar-refractivity contribution in [2.24, 2.45) is 11.1 Å². The molecule has 2 heteroatoms. The summed E-state index contributed by atoms with van der Waals surface area (Å²) in [6.07, 6.45) is 0. The lowest BCUT2D eigenvalue weighted by molar-refractivity contribution is 0.327. The number of nitriles is 1. The van der Waals surface area contributed by atoms with Gasteiger partial charge in [0.15, 0.2) is 0 Å². The van der Waals surface area contributed by atoms with E-state index in [2.05, 4.69) is 26.8 Å². The zero-order valence-electron chi connectivity index (χ0n) is 8.91. The summed E-state index contributed by atoms with van der Waals surface area (Å²) >= 11 is 0. The van der Waals surface area contributed by atoms with Crippen molar-refractivity contribution in [1.29, 1.82) is 5.26 Å². The van der Waals surface area contributed by atoms with Crippen LogP contribution in [0.5, 0.6) is 0 Å². The summed E-state index contributed by atoms with van der Waals surface area (Å²) < 4.78 is 0. The van der Waals surface area contributed by atoms with Crippen molar-refractivity contribution in [3.8, 4) is 6.07 Å². The summed E-state index contributed by atoms with van der Waals surface area (Å²) in [5.74, 6) is 0. The van der Waals surface area contributed by atoms with E-state index in [0.717, 1.165) is 5.56 Å². The third-order valence-corrected chi connectivity index (χ3v) is 2.33. The van der Waals surface area contributed by atoms with Gasteiger partial charge in [-0.15, -0.1) is 0 Å². The predicted octanol–water partition coefficient (Wildman–Crippen LogP) is 2.60. The van der Waals surface area contributed by atoms with Crippen molar-refractivity contribution in [2.45, 2.75) is 26.8 Å². The van der Waals surface area contributed by atoms with Crippen molar-refractivity contribution in [2.75, 3.05) is 0 Å². The predicted molar refractivity (Wildman–Crippen MR) is 57.5 cm³/mol. The van der Waals surface area contributed by atoms with E-state index in [1.807, 2.05) is 12.1 Å². The molecule has 0 aromatic heterocycles. The van der Waals surface area contributed by atoms with Gasteiger partial charge in [-0.1, -0.05) is 32.9 Å². The highest BCUT2D eigenvalue weighted by molar-refractivity contribution is 5.33. The molecule has 0 amide bonds. The van der Waals surface area contributed by atoms with Crippen molar-refractivity contribution >= 4 is 0 Å². The lowest BCUT2D eigenvalue weighted by atomic mass is 9.83. The van der Waals surface area contributed by atoms with Crippen molar-refractivity contribution in [1.82, 2.24) is 0 Å². The number of benzene rings is 1. The fourth-order valence-corrected chi connectivity index (χ4v) is 1.26. The Morgan fingerprint density at radius 1 is 1.21 bits per heavy atom. The van der Waals surface area contributed by atoms with E-state index >= 15 is 0 Å².